The van der Waals surface area contributed by atoms with Gasteiger partial charge in [0.05, 0.1) is 6.10 Å². The van der Waals surface area contributed by atoms with Gasteiger partial charge in [0.2, 0.25) is 0 Å². The fourth-order valence-corrected chi connectivity index (χ4v) is 0.928. The standard InChI is InChI=1S/C10H18O2/c1-3-4-5-10(12)7-6-9(2)8-11/h6,8,10,12H,3-5,7H2,1-2H3/b9-6+. The number of aliphatic hydroxyl groups excluding tert-OH is 1. The fraction of sp³-hybridized carbons (Fsp3) is 0.700. The van der Waals surface area contributed by atoms with Crippen molar-refractivity contribution in [1.29, 1.82) is 0 Å². The molecule has 12 heavy (non-hydrogen) atoms. The topological polar surface area (TPSA) is 37.3 Å². The van der Waals surface area contributed by atoms with Crippen molar-refractivity contribution in [3.05, 3.63) is 11.6 Å². The zero-order valence-corrected chi connectivity index (χ0v) is 7.92. The highest BCUT2D eigenvalue weighted by molar-refractivity contribution is 5.71. The number of allylic oxidation sites excluding steroid dienone is 1. The molecule has 2 nitrogen and oxygen atoms in total. The maximum absolute atomic E-state index is 10.2. The van der Waals surface area contributed by atoms with Crippen LogP contribution in [0, 0.1) is 0 Å². The molecule has 0 aliphatic heterocycles. The van der Waals surface area contributed by atoms with Gasteiger partial charge in [-0.1, -0.05) is 25.8 Å². The number of hydrogen-bond donors (Lipinski definition) is 1. The predicted molar refractivity (Wildman–Crippen MR) is 50.0 cm³/mol. The van der Waals surface area contributed by atoms with Gasteiger partial charge < -0.3 is 5.11 Å². The molecule has 0 aliphatic carbocycles. The number of unbranched alkanes of at least 4 members (excludes halogenated alkanes) is 1. The summed E-state index contributed by atoms with van der Waals surface area (Å²) in [7, 11) is 0. The molecule has 0 saturated heterocycles. The summed E-state index contributed by atoms with van der Waals surface area (Å²) in [5.41, 5.74) is 0.700. The Morgan fingerprint density at radius 1 is 1.58 bits per heavy atom. The van der Waals surface area contributed by atoms with E-state index in [9.17, 15) is 9.90 Å². The van der Waals surface area contributed by atoms with Gasteiger partial charge in [0.25, 0.3) is 0 Å². The van der Waals surface area contributed by atoms with Crippen LogP contribution in [0.3, 0.4) is 0 Å². The van der Waals surface area contributed by atoms with Crippen LogP contribution in [0.1, 0.15) is 39.5 Å². The molecular formula is C10H18O2. The third-order valence-corrected chi connectivity index (χ3v) is 1.79. The van der Waals surface area contributed by atoms with E-state index >= 15 is 0 Å². The van der Waals surface area contributed by atoms with Gasteiger partial charge in [0.15, 0.2) is 0 Å². The highest BCUT2D eigenvalue weighted by Gasteiger charge is 2.00. The van der Waals surface area contributed by atoms with E-state index in [0.717, 1.165) is 25.5 Å². The Kier molecular flexibility index (Phi) is 6.67. The predicted octanol–water partition coefficient (Wildman–Crippen LogP) is 2.07. The summed E-state index contributed by atoms with van der Waals surface area (Å²) < 4.78 is 0. The van der Waals surface area contributed by atoms with Crippen LogP contribution in [-0.2, 0) is 4.79 Å². The maximum Gasteiger partial charge on any atom is 0.145 e. The van der Waals surface area contributed by atoms with E-state index in [1.54, 1.807) is 13.0 Å². The van der Waals surface area contributed by atoms with Gasteiger partial charge in [-0.2, -0.15) is 0 Å². The molecule has 1 unspecified atom stereocenters. The molecule has 2 heteroatoms. The molecule has 0 rings (SSSR count). The molecule has 0 aliphatic rings. The first-order valence-corrected chi connectivity index (χ1v) is 4.50. The molecule has 70 valence electrons. The van der Waals surface area contributed by atoms with Crippen LogP contribution < -0.4 is 0 Å². The molecule has 0 bridgehead atoms. The second-order valence-electron chi connectivity index (χ2n) is 3.10. The molecule has 0 aromatic heterocycles. The van der Waals surface area contributed by atoms with Crippen molar-refractivity contribution in [3.63, 3.8) is 0 Å². The minimum absolute atomic E-state index is 0.278. The summed E-state index contributed by atoms with van der Waals surface area (Å²) in [5, 5.41) is 9.36. The number of aldehydes is 1. The molecule has 0 spiro atoms. The number of aliphatic hydroxyl groups is 1. The summed E-state index contributed by atoms with van der Waals surface area (Å²) >= 11 is 0. The normalized spacial score (nSPS) is 14.4. The molecule has 0 amide bonds. The van der Waals surface area contributed by atoms with Gasteiger partial charge in [0.1, 0.15) is 6.29 Å². The minimum Gasteiger partial charge on any atom is -0.393 e. The summed E-state index contributed by atoms with van der Waals surface area (Å²) in [6.07, 6.45) is 5.91. The summed E-state index contributed by atoms with van der Waals surface area (Å²) in [5.74, 6) is 0. The molecule has 0 radical (unpaired) electrons. The first-order chi connectivity index (χ1) is 5.70. The number of rotatable bonds is 6. The van der Waals surface area contributed by atoms with Crippen molar-refractivity contribution in [2.45, 2.75) is 45.6 Å². The van der Waals surface area contributed by atoms with Crippen LogP contribution in [0.4, 0.5) is 0 Å². The molecular weight excluding hydrogens is 152 g/mol. The number of carbonyl (C=O) groups is 1. The average Bonchev–Trinajstić information content (AvgIpc) is 2.10. The lowest BCUT2D eigenvalue weighted by Crippen LogP contribution is -2.04. The smallest absolute Gasteiger partial charge is 0.145 e. The third-order valence-electron chi connectivity index (χ3n) is 1.79. The number of carbonyl (C=O) groups excluding carboxylic acids is 1. The molecule has 0 saturated carbocycles. The number of hydrogen-bond acceptors (Lipinski definition) is 2. The zero-order valence-electron chi connectivity index (χ0n) is 7.92. The Morgan fingerprint density at radius 3 is 2.75 bits per heavy atom. The van der Waals surface area contributed by atoms with Gasteiger partial charge in [-0.25, -0.2) is 0 Å². The van der Waals surface area contributed by atoms with Crippen molar-refractivity contribution < 1.29 is 9.90 Å². The van der Waals surface area contributed by atoms with E-state index < -0.39 is 0 Å². The maximum atomic E-state index is 10.2. The monoisotopic (exact) mass is 170 g/mol. The molecule has 0 aromatic rings. The van der Waals surface area contributed by atoms with Crippen LogP contribution in [0.15, 0.2) is 11.6 Å². The van der Waals surface area contributed by atoms with Crippen molar-refractivity contribution in [1.82, 2.24) is 0 Å². The van der Waals surface area contributed by atoms with Crippen molar-refractivity contribution in [2.75, 3.05) is 0 Å². The lowest BCUT2D eigenvalue weighted by Gasteiger charge is -2.05. The van der Waals surface area contributed by atoms with Crippen LogP contribution in [-0.4, -0.2) is 17.5 Å². The highest BCUT2D eigenvalue weighted by atomic mass is 16.3. The molecule has 1 N–H and O–H groups in total. The highest BCUT2D eigenvalue weighted by Crippen LogP contribution is 2.05. The molecule has 0 heterocycles. The van der Waals surface area contributed by atoms with Gasteiger partial charge in [-0.3, -0.25) is 4.79 Å². The second kappa shape index (κ2) is 7.04. The molecule has 0 fully saturated rings. The Balaban J connectivity index is 3.55. The minimum atomic E-state index is -0.278. The van der Waals surface area contributed by atoms with E-state index in [1.807, 2.05) is 0 Å². The lowest BCUT2D eigenvalue weighted by atomic mass is 10.1. The molecule has 0 aromatic carbocycles. The Hall–Kier alpha value is -0.630. The average molecular weight is 170 g/mol. The van der Waals surface area contributed by atoms with Crippen LogP contribution in [0.5, 0.6) is 0 Å². The van der Waals surface area contributed by atoms with E-state index in [-0.39, 0.29) is 6.10 Å². The van der Waals surface area contributed by atoms with E-state index in [2.05, 4.69) is 6.92 Å². The van der Waals surface area contributed by atoms with Crippen LogP contribution in [0.25, 0.3) is 0 Å². The van der Waals surface area contributed by atoms with Crippen molar-refractivity contribution >= 4 is 6.29 Å². The summed E-state index contributed by atoms with van der Waals surface area (Å²) in [4.78, 5) is 10.2. The van der Waals surface area contributed by atoms with E-state index in [0.29, 0.717) is 12.0 Å². The Bertz CT molecular complexity index is 150. The SMILES string of the molecule is CCCCC(O)C/C=C(\C)C=O. The van der Waals surface area contributed by atoms with Gasteiger partial charge in [-0.05, 0) is 25.3 Å². The summed E-state index contributed by atoms with van der Waals surface area (Å²) in [6, 6.07) is 0. The van der Waals surface area contributed by atoms with Crippen LogP contribution in [0.2, 0.25) is 0 Å². The van der Waals surface area contributed by atoms with Gasteiger partial charge in [-0.15, -0.1) is 0 Å². The third kappa shape index (κ3) is 6.10. The van der Waals surface area contributed by atoms with E-state index in [4.69, 9.17) is 0 Å². The quantitative estimate of drug-likeness (QED) is 0.489. The van der Waals surface area contributed by atoms with Gasteiger partial charge in [0, 0.05) is 0 Å². The zero-order chi connectivity index (χ0) is 9.40. The second-order valence-corrected chi connectivity index (χ2v) is 3.10. The Labute approximate surface area is 74.3 Å². The van der Waals surface area contributed by atoms with Crippen molar-refractivity contribution in [3.8, 4) is 0 Å². The first-order valence-electron chi connectivity index (χ1n) is 4.50. The molecule has 1 atom stereocenters. The van der Waals surface area contributed by atoms with Crippen molar-refractivity contribution in [2.24, 2.45) is 0 Å². The first kappa shape index (κ1) is 11.4. The largest absolute Gasteiger partial charge is 0.393 e. The Morgan fingerprint density at radius 2 is 2.25 bits per heavy atom. The fourth-order valence-electron chi connectivity index (χ4n) is 0.928. The summed E-state index contributed by atoms with van der Waals surface area (Å²) in [6.45, 7) is 3.85. The van der Waals surface area contributed by atoms with Gasteiger partial charge >= 0.3 is 0 Å². The van der Waals surface area contributed by atoms with Crippen LogP contribution >= 0.6 is 0 Å². The van der Waals surface area contributed by atoms with E-state index in [1.165, 1.54) is 0 Å². The lowest BCUT2D eigenvalue weighted by molar-refractivity contribution is -0.104.